The lowest BCUT2D eigenvalue weighted by atomic mass is 10.2. The maximum Gasteiger partial charge on any atom is 0.417 e. The molecular weight excluding hydrogens is 337 g/mol. The van der Waals surface area contributed by atoms with E-state index in [0.29, 0.717) is 18.7 Å². The lowest BCUT2D eigenvalue weighted by molar-refractivity contribution is -0.138. The number of ether oxygens (including phenoxy) is 1. The molecule has 136 valence electrons. The summed E-state index contributed by atoms with van der Waals surface area (Å²) in [6.07, 6.45) is -3.66. The quantitative estimate of drug-likeness (QED) is 0.713. The van der Waals surface area contributed by atoms with Crippen LogP contribution in [0.2, 0.25) is 0 Å². The van der Waals surface area contributed by atoms with Crippen molar-refractivity contribution in [2.45, 2.75) is 12.7 Å². The number of nitrogens with zero attached hydrogens (tertiary/aromatic N) is 1. The van der Waals surface area contributed by atoms with E-state index in [0.717, 1.165) is 28.6 Å². The van der Waals surface area contributed by atoms with Crippen LogP contribution >= 0.6 is 0 Å². The van der Waals surface area contributed by atoms with Gasteiger partial charge in [0.15, 0.2) is 0 Å². The molecule has 0 radical (unpaired) electrons. The van der Waals surface area contributed by atoms with Crippen molar-refractivity contribution in [2.75, 3.05) is 31.7 Å². The third kappa shape index (κ3) is 5.91. The Morgan fingerprint density at radius 3 is 2.44 bits per heavy atom. The third-order valence-electron chi connectivity index (χ3n) is 3.43. The van der Waals surface area contributed by atoms with E-state index < -0.39 is 17.3 Å². The van der Waals surface area contributed by atoms with Crippen LogP contribution in [0.25, 0.3) is 0 Å². The Balaban J connectivity index is 1.98. The monoisotopic (exact) mass is 356 g/mol. The summed E-state index contributed by atoms with van der Waals surface area (Å²) in [6, 6.07) is 8.74. The molecule has 2 N–H and O–H groups in total. The number of aliphatic hydroxyl groups excluding tert-OH is 1. The number of nitrogens with one attached hydrogen (secondary N) is 1. The van der Waals surface area contributed by atoms with Gasteiger partial charge in [0.1, 0.15) is 0 Å². The number of aromatic nitrogens is 1. The molecule has 1 heterocycles. The Morgan fingerprint density at radius 2 is 1.80 bits per heavy atom. The molecule has 0 amide bonds. The summed E-state index contributed by atoms with van der Waals surface area (Å²) in [6.45, 7) is 1.33. The number of halogens is 3. The average Bonchev–Trinajstić information content (AvgIpc) is 2.57. The highest BCUT2D eigenvalue weighted by molar-refractivity contribution is 5.44. The molecule has 2 aromatic rings. The summed E-state index contributed by atoms with van der Waals surface area (Å²) in [5.74, 6) is 0. The van der Waals surface area contributed by atoms with Gasteiger partial charge in [-0.3, -0.25) is 4.79 Å². The van der Waals surface area contributed by atoms with Crippen LogP contribution in [0.5, 0.6) is 0 Å². The summed E-state index contributed by atoms with van der Waals surface area (Å²) >= 11 is 0. The molecule has 1 aromatic carbocycles. The van der Waals surface area contributed by atoms with Crippen LogP contribution in [-0.4, -0.2) is 36.0 Å². The second-order valence-corrected chi connectivity index (χ2v) is 5.34. The first-order chi connectivity index (χ1) is 11.9. The maximum atomic E-state index is 12.7. The molecule has 0 bridgehead atoms. The fraction of sp³-hybridized carbons (Fsp3) is 0.353. The van der Waals surface area contributed by atoms with Crippen molar-refractivity contribution in [3.05, 3.63) is 64.1 Å². The Kier molecular flexibility index (Phi) is 6.60. The van der Waals surface area contributed by atoms with E-state index in [9.17, 15) is 18.0 Å². The van der Waals surface area contributed by atoms with Gasteiger partial charge >= 0.3 is 6.18 Å². The summed E-state index contributed by atoms with van der Waals surface area (Å²) in [5, 5.41) is 11.7. The van der Waals surface area contributed by atoms with Crippen LogP contribution in [0.4, 0.5) is 18.9 Å². The van der Waals surface area contributed by atoms with Crippen LogP contribution in [0.15, 0.2) is 47.4 Å². The number of hydrogen-bond acceptors (Lipinski definition) is 4. The first-order valence-electron chi connectivity index (χ1n) is 7.69. The van der Waals surface area contributed by atoms with E-state index in [2.05, 4.69) is 5.32 Å². The van der Waals surface area contributed by atoms with Gasteiger partial charge in [-0.05, 0) is 23.8 Å². The van der Waals surface area contributed by atoms with Gasteiger partial charge in [0.2, 0.25) is 0 Å². The van der Waals surface area contributed by atoms with E-state index in [1.807, 2.05) is 0 Å². The highest BCUT2D eigenvalue weighted by atomic mass is 19.4. The Bertz CT molecular complexity index is 727. The summed E-state index contributed by atoms with van der Waals surface area (Å²) < 4.78 is 44.4. The van der Waals surface area contributed by atoms with Crippen molar-refractivity contribution >= 4 is 5.69 Å². The van der Waals surface area contributed by atoms with Gasteiger partial charge in [0, 0.05) is 24.5 Å². The van der Waals surface area contributed by atoms with Gasteiger partial charge in [-0.25, -0.2) is 0 Å². The standard InChI is InChI=1S/C17H19F3N2O3/c18-17(19,20)14-3-6-16(24)22(12-14)11-13-1-4-15(5-2-13)21-7-9-25-10-8-23/h1-6,12,21,23H,7-11H2. The second kappa shape index (κ2) is 8.68. The highest BCUT2D eigenvalue weighted by Crippen LogP contribution is 2.28. The molecule has 2 rings (SSSR count). The smallest absolute Gasteiger partial charge is 0.394 e. The van der Waals surface area contributed by atoms with Crippen molar-refractivity contribution in [1.29, 1.82) is 0 Å². The van der Waals surface area contributed by atoms with Crippen LogP contribution in [0.3, 0.4) is 0 Å². The molecule has 25 heavy (non-hydrogen) atoms. The van der Waals surface area contributed by atoms with Crippen LogP contribution in [-0.2, 0) is 17.5 Å². The predicted molar refractivity (Wildman–Crippen MR) is 87.6 cm³/mol. The van der Waals surface area contributed by atoms with Gasteiger partial charge in [0.05, 0.1) is 31.9 Å². The van der Waals surface area contributed by atoms with Gasteiger partial charge in [-0.15, -0.1) is 0 Å². The molecule has 0 fully saturated rings. The van der Waals surface area contributed by atoms with Crippen LogP contribution in [0, 0.1) is 0 Å². The molecule has 0 saturated heterocycles. The van der Waals surface area contributed by atoms with Crippen molar-refractivity contribution in [3.8, 4) is 0 Å². The van der Waals surface area contributed by atoms with Crippen molar-refractivity contribution in [2.24, 2.45) is 0 Å². The first kappa shape index (κ1) is 19.0. The number of anilines is 1. The minimum atomic E-state index is -4.48. The molecular formula is C17H19F3N2O3. The van der Waals surface area contributed by atoms with E-state index in [1.54, 1.807) is 24.3 Å². The van der Waals surface area contributed by atoms with Crippen molar-refractivity contribution < 1.29 is 23.0 Å². The van der Waals surface area contributed by atoms with Gasteiger partial charge in [-0.2, -0.15) is 13.2 Å². The van der Waals surface area contributed by atoms with Crippen LogP contribution in [0.1, 0.15) is 11.1 Å². The molecule has 0 spiro atoms. The Hall–Kier alpha value is -2.32. The van der Waals surface area contributed by atoms with E-state index in [-0.39, 0.29) is 19.8 Å². The summed E-state index contributed by atoms with van der Waals surface area (Å²) in [5.41, 5.74) is 0.195. The number of hydrogen-bond donors (Lipinski definition) is 2. The number of aliphatic hydroxyl groups is 1. The van der Waals surface area contributed by atoms with E-state index >= 15 is 0 Å². The summed E-state index contributed by atoms with van der Waals surface area (Å²) in [4.78, 5) is 11.7. The molecule has 0 aliphatic rings. The lowest BCUT2D eigenvalue weighted by Gasteiger charge is -2.11. The largest absolute Gasteiger partial charge is 0.417 e. The zero-order valence-corrected chi connectivity index (χ0v) is 13.4. The number of rotatable bonds is 8. The molecule has 8 heteroatoms. The minimum absolute atomic E-state index is 0.0242. The van der Waals surface area contributed by atoms with Gasteiger partial charge < -0.3 is 19.7 Å². The maximum absolute atomic E-state index is 12.7. The Morgan fingerprint density at radius 1 is 1.08 bits per heavy atom. The van der Waals surface area contributed by atoms with Gasteiger partial charge in [-0.1, -0.05) is 12.1 Å². The summed E-state index contributed by atoms with van der Waals surface area (Å²) in [7, 11) is 0. The molecule has 0 aliphatic carbocycles. The number of pyridine rings is 1. The third-order valence-corrected chi connectivity index (χ3v) is 3.43. The average molecular weight is 356 g/mol. The van der Waals surface area contributed by atoms with Crippen molar-refractivity contribution in [1.82, 2.24) is 4.57 Å². The highest BCUT2D eigenvalue weighted by Gasteiger charge is 2.31. The molecule has 0 unspecified atom stereocenters. The van der Waals surface area contributed by atoms with Gasteiger partial charge in [0.25, 0.3) is 5.56 Å². The van der Waals surface area contributed by atoms with Crippen LogP contribution < -0.4 is 10.9 Å². The lowest BCUT2D eigenvalue weighted by Crippen LogP contribution is -2.21. The first-order valence-corrected chi connectivity index (χ1v) is 7.69. The normalized spacial score (nSPS) is 11.5. The molecule has 1 aromatic heterocycles. The molecule has 0 saturated carbocycles. The zero-order chi connectivity index (χ0) is 18.3. The SMILES string of the molecule is O=c1ccc(C(F)(F)F)cn1Cc1ccc(NCCOCCO)cc1. The number of alkyl halides is 3. The second-order valence-electron chi connectivity index (χ2n) is 5.34. The molecule has 0 atom stereocenters. The predicted octanol–water partition coefficient (Wildman–Crippen LogP) is 2.34. The Labute approximate surface area is 142 Å². The van der Waals surface area contributed by atoms with E-state index in [1.165, 1.54) is 0 Å². The zero-order valence-electron chi connectivity index (χ0n) is 13.4. The van der Waals surface area contributed by atoms with Crippen molar-refractivity contribution in [3.63, 3.8) is 0 Å². The molecule has 5 nitrogen and oxygen atoms in total. The molecule has 0 aliphatic heterocycles. The fourth-order valence-corrected chi connectivity index (χ4v) is 2.18. The minimum Gasteiger partial charge on any atom is -0.394 e. The topological polar surface area (TPSA) is 63.5 Å². The van der Waals surface area contributed by atoms with E-state index in [4.69, 9.17) is 9.84 Å². The number of benzene rings is 1. The fourth-order valence-electron chi connectivity index (χ4n) is 2.18.